The number of aryl methyl sites for hydroxylation is 1. The minimum absolute atomic E-state index is 0.0561. The number of halogens is 1. The van der Waals surface area contributed by atoms with Gasteiger partial charge in [0.15, 0.2) is 12.3 Å². The standard InChI is InChI=1S/C19H22FN3O3/c1-11-18(13(3)24)12(2)21-19(11)16(25)9-23(4)10-17(26)22-15-7-5-6-14(20)8-15/h5-8,21H,9-10H2,1-4H3,(H,22,26)/p+1. The van der Waals surface area contributed by atoms with Crippen LogP contribution in [0.1, 0.15) is 39.0 Å². The van der Waals surface area contributed by atoms with Crippen LogP contribution < -0.4 is 10.2 Å². The molecule has 2 rings (SSSR count). The number of H-pyrrole nitrogens is 1. The number of anilines is 1. The maximum Gasteiger partial charge on any atom is 0.279 e. The van der Waals surface area contributed by atoms with E-state index in [1.54, 1.807) is 27.0 Å². The van der Waals surface area contributed by atoms with Crippen LogP contribution in [0.5, 0.6) is 0 Å². The predicted octanol–water partition coefficient (Wildman–Crippen LogP) is 1.31. The number of likely N-dealkylation sites (N-methyl/N-ethyl adjacent to an activating group) is 1. The Kier molecular flexibility index (Phi) is 6.05. The first-order valence-electron chi connectivity index (χ1n) is 8.29. The summed E-state index contributed by atoms with van der Waals surface area (Å²) < 4.78 is 13.1. The summed E-state index contributed by atoms with van der Waals surface area (Å²) in [6, 6.07) is 5.62. The number of nitrogens with one attached hydrogen (secondary N) is 3. The van der Waals surface area contributed by atoms with Gasteiger partial charge in [-0.2, -0.15) is 0 Å². The molecule has 1 aromatic heterocycles. The van der Waals surface area contributed by atoms with Gasteiger partial charge < -0.3 is 15.2 Å². The Balaban J connectivity index is 1.98. The van der Waals surface area contributed by atoms with Gasteiger partial charge >= 0.3 is 0 Å². The summed E-state index contributed by atoms with van der Waals surface area (Å²) in [4.78, 5) is 39.9. The molecular weight excluding hydrogens is 337 g/mol. The largest absolute Gasteiger partial charge is 0.355 e. The third-order valence-electron chi connectivity index (χ3n) is 4.10. The van der Waals surface area contributed by atoms with E-state index in [4.69, 9.17) is 0 Å². The van der Waals surface area contributed by atoms with Crippen molar-refractivity contribution in [3.05, 3.63) is 52.6 Å². The van der Waals surface area contributed by atoms with Gasteiger partial charge in [0.05, 0.1) is 12.7 Å². The lowest BCUT2D eigenvalue weighted by Crippen LogP contribution is -3.11. The van der Waals surface area contributed by atoms with Crippen molar-refractivity contribution in [1.29, 1.82) is 0 Å². The Hall–Kier alpha value is -2.80. The van der Waals surface area contributed by atoms with E-state index in [2.05, 4.69) is 10.3 Å². The number of rotatable bonds is 7. The average molecular weight is 360 g/mol. The Morgan fingerprint density at radius 3 is 2.46 bits per heavy atom. The first-order valence-corrected chi connectivity index (χ1v) is 8.29. The van der Waals surface area contributed by atoms with Crippen LogP contribution in [0.2, 0.25) is 0 Å². The summed E-state index contributed by atoms with van der Waals surface area (Å²) in [5.41, 5.74) is 2.61. The molecule has 0 aliphatic rings. The van der Waals surface area contributed by atoms with Gasteiger partial charge in [-0.1, -0.05) is 6.07 Å². The maximum atomic E-state index is 13.1. The van der Waals surface area contributed by atoms with E-state index in [9.17, 15) is 18.8 Å². The number of aromatic amines is 1. The molecule has 1 heterocycles. The summed E-state index contributed by atoms with van der Waals surface area (Å²) in [5.74, 6) is -1.01. The molecule has 0 radical (unpaired) electrons. The van der Waals surface area contributed by atoms with Gasteiger partial charge in [-0.3, -0.25) is 14.4 Å². The molecule has 0 fully saturated rings. The normalized spacial score (nSPS) is 11.9. The second-order valence-electron chi connectivity index (χ2n) is 6.47. The number of hydrogen-bond donors (Lipinski definition) is 3. The summed E-state index contributed by atoms with van der Waals surface area (Å²) in [5, 5.41) is 2.60. The number of ketones is 2. The highest BCUT2D eigenvalue weighted by molar-refractivity contribution is 6.03. The highest BCUT2D eigenvalue weighted by Gasteiger charge is 2.23. The molecule has 1 aromatic carbocycles. The molecule has 0 saturated carbocycles. The van der Waals surface area contributed by atoms with E-state index in [0.29, 0.717) is 33.1 Å². The molecule has 138 valence electrons. The van der Waals surface area contributed by atoms with Crippen molar-refractivity contribution in [2.24, 2.45) is 0 Å². The molecule has 0 bridgehead atoms. The van der Waals surface area contributed by atoms with Crippen LogP contribution in [0.15, 0.2) is 24.3 Å². The van der Waals surface area contributed by atoms with Gasteiger partial charge in [0, 0.05) is 16.9 Å². The maximum absolute atomic E-state index is 13.1. The van der Waals surface area contributed by atoms with Crippen molar-refractivity contribution in [3.63, 3.8) is 0 Å². The van der Waals surface area contributed by atoms with Gasteiger partial charge in [-0.15, -0.1) is 0 Å². The van der Waals surface area contributed by atoms with Gasteiger partial charge in [-0.05, 0) is 44.5 Å². The lowest BCUT2D eigenvalue weighted by Gasteiger charge is -2.13. The third-order valence-corrected chi connectivity index (χ3v) is 4.10. The van der Waals surface area contributed by atoms with Crippen LogP contribution in [-0.4, -0.2) is 42.6 Å². The van der Waals surface area contributed by atoms with Crippen molar-refractivity contribution in [2.45, 2.75) is 20.8 Å². The van der Waals surface area contributed by atoms with E-state index < -0.39 is 5.82 Å². The summed E-state index contributed by atoms with van der Waals surface area (Å²) in [6.45, 7) is 5.10. The number of benzene rings is 1. The Morgan fingerprint density at radius 2 is 1.88 bits per heavy atom. The second kappa shape index (κ2) is 8.05. The Labute approximate surface area is 151 Å². The lowest BCUT2D eigenvalue weighted by molar-refractivity contribution is -0.861. The van der Waals surface area contributed by atoms with Gasteiger partial charge in [-0.25, -0.2) is 4.39 Å². The van der Waals surface area contributed by atoms with Crippen molar-refractivity contribution < 1.29 is 23.7 Å². The van der Waals surface area contributed by atoms with Crippen LogP contribution in [0.4, 0.5) is 10.1 Å². The van der Waals surface area contributed by atoms with Gasteiger partial charge in [0.1, 0.15) is 12.4 Å². The summed E-state index contributed by atoms with van der Waals surface area (Å²) in [6.07, 6.45) is 0. The zero-order chi connectivity index (χ0) is 19.4. The molecule has 26 heavy (non-hydrogen) atoms. The molecule has 0 aliphatic carbocycles. The topological polar surface area (TPSA) is 83.5 Å². The minimum Gasteiger partial charge on any atom is -0.355 e. The number of amides is 1. The van der Waals surface area contributed by atoms with Crippen LogP contribution >= 0.6 is 0 Å². The fourth-order valence-electron chi connectivity index (χ4n) is 3.03. The SMILES string of the molecule is CC(=O)c1c(C)[nH]c(C(=O)C[NH+](C)CC(=O)Nc2cccc(F)c2)c1C. The fraction of sp³-hybridized carbons (Fsp3) is 0.316. The molecule has 3 N–H and O–H groups in total. The Morgan fingerprint density at radius 1 is 1.19 bits per heavy atom. The number of aromatic nitrogens is 1. The molecule has 0 aliphatic heterocycles. The van der Waals surface area contributed by atoms with E-state index in [1.807, 2.05) is 0 Å². The van der Waals surface area contributed by atoms with Crippen molar-refractivity contribution >= 4 is 23.2 Å². The van der Waals surface area contributed by atoms with Crippen molar-refractivity contribution in [2.75, 3.05) is 25.5 Å². The molecule has 6 nitrogen and oxygen atoms in total. The first-order chi connectivity index (χ1) is 12.2. The number of hydrogen-bond acceptors (Lipinski definition) is 3. The van der Waals surface area contributed by atoms with E-state index in [1.165, 1.54) is 25.1 Å². The fourth-order valence-corrected chi connectivity index (χ4v) is 3.03. The predicted molar refractivity (Wildman–Crippen MR) is 96.3 cm³/mol. The smallest absolute Gasteiger partial charge is 0.279 e. The average Bonchev–Trinajstić information content (AvgIpc) is 2.81. The number of carbonyl (C=O) groups is 3. The zero-order valence-corrected chi connectivity index (χ0v) is 15.3. The van der Waals surface area contributed by atoms with Crippen LogP contribution in [0, 0.1) is 19.7 Å². The van der Waals surface area contributed by atoms with Crippen molar-refractivity contribution in [3.8, 4) is 0 Å². The summed E-state index contributed by atoms with van der Waals surface area (Å²) >= 11 is 0. The highest BCUT2D eigenvalue weighted by Crippen LogP contribution is 2.18. The molecule has 0 saturated heterocycles. The molecule has 1 amide bonds. The second-order valence-corrected chi connectivity index (χ2v) is 6.47. The molecule has 1 unspecified atom stereocenters. The van der Waals surface area contributed by atoms with E-state index in [-0.39, 0.29) is 30.6 Å². The number of carbonyl (C=O) groups excluding carboxylic acids is 3. The molecule has 0 spiro atoms. The van der Waals surface area contributed by atoms with E-state index >= 15 is 0 Å². The monoisotopic (exact) mass is 360 g/mol. The highest BCUT2D eigenvalue weighted by atomic mass is 19.1. The Bertz CT molecular complexity index is 858. The summed E-state index contributed by atoms with van der Waals surface area (Å²) in [7, 11) is 1.72. The van der Waals surface area contributed by atoms with Crippen LogP contribution in [0.3, 0.4) is 0 Å². The molecular formula is C19H23FN3O3+. The number of Topliss-reactive ketones (excluding diaryl/α,β-unsaturated/α-hetero) is 2. The van der Waals surface area contributed by atoms with E-state index in [0.717, 1.165) is 0 Å². The molecule has 1 atom stereocenters. The lowest BCUT2D eigenvalue weighted by atomic mass is 10.1. The number of quaternary nitrogens is 1. The van der Waals surface area contributed by atoms with Crippen LogP contribution in [0.25, 0.3) is 0 Å². The van der Waals surface area contributed by atoms with Gasteiger partial charge in [0.25, 0.3) is 5.91 Å². The quantitative estimate of drug-likeness (QED) is 0.651. The third kappa shape index (κ3) is 4.64. The van der Waals surface area contributed by atoms with Gasteiger partial charge in [0.2, 0.25) is 5.78 Å². The minimum atomic E-state index is -0.433. The van der Waals surface area contributed by atoms with Crippen molar-refractivity contribution in [1.82, 2.24) is 4.98 Å². The molecule has 2 aromatic rings. The molecule has 7 heteroatoms. The zero-order valence-electron chi connectivity index (χ0n) is 15.3. The first kappa shape index (κ1) is 19.5. The van der Waals surface area contributed by atoms with Crippen LogP contribution in [-0.2, 0) is 4.79 Å².